The van der Waals surface area contributed by atoms with Crippen LogP contribution >= 0.6 is 11.3 Å². The van der Waals surface area contributed by atoms with Crippen LogP contribution in [0, 0.1) is 10.8 Å². The number of nitrogens with zero attached hydrogens (tertiary/aromatic N) is 2. The Balaban J connectivity index is 1.72. The third-order valence-corrected chi connectivity index (χ3v) is 6.12. The predicted octanol–water partition coefficient (Wildman–Crippen LogP) is 4.28. The van der Waals surface area contributed by atoms with Gasteiger partial charge < -0.3 is 10.6 Å². The summed E-state index contributed by atoms with van der Waals surface area (Å²) in [5.74, 6) is 0. The summed E-state index contributed by atoms with van der Waals surface area (Å²) >= 11 is 1.79. The summed E-state index contributed by atoms with van der Waals surface area (Å²) in [5.41, 5.74) is 8.70. The predicted molar refractivity (Wildman–Crippen MR) is 90.9 cm³/mol. The van der Waals surface area contributed by atoms with Gasteiger partial charge in [0.25, 0.3) is 0 Å². The lowest BCUT2D eigenvalue weighted by molar-refractivity contribution is 0.136. The average molecular weight is 301 g/mol. The first kappa shape index (κ1) is 13.4. The fourth-order valence-corrected chi connectivity index (χ4v) is 5.82. The van der Waals surface area contributed by atoms with Crippen LogP contribution in [0.15, 0.2) is 18.2 Å². The van der Waals surface area contributed by atoms with Crippen LogP contribution in [-0.2, 0) is 0 Å². The Morgan fingerprint density at radius 1 is 1.29 bits per heavy atom. The van der Waals surface area contributed by atoms with Gasteiger partial charge in [-0.1, -0.05) is 32.1 Å². The summed E-state index contributed by atoms with van der Waals surface area (Å²) in [7, 11) is 0. The SMILES string of the molecule is CC1(C)CC2CC(C)(CN2c2nc3ccc(N)cc3s2)C1. The van der Waals surface area contributed by atoms with Gasteiger partial charge in [-0.05, 0) is 48.3 Å². The number of hydrogen-bond donors (Lipinski definition) is 1. The number of nitrogens with two attached hydrogens (primary N) is 1. The molecule has 2 aromatic rings. The number of anilines is 2. The number of rotatable bonds is 1. The number of nitrogen functional groups attached to an aromatic ring is 1. The van der Waals surface area contributed by atoms with Crippen LogP contribution in [0.2, 0.25) is 0 Å². The molecule has 2 unspecified atom stereocenters. The van der Waals surface area contributed by atoms with Crippen LogP contribution < -0.4 is 10.6 Å². The molecule has 2 fully saturated rings. The Morgan fingerprint density at radius 2 is 2.10 bits per heavy atom. The lowest BCUT2D eigenvalue weighted by Crippen LogP contribution is -2.34. The molecule has 4 rings (SSSR count). The third-order valence-electron chi connectivity index (χ3n) is 5.06. The van der Waals surface area contributed by atoms with Gasteiger partial charge in [0.15, 0.2) is 5.13 Å². The molecule has 112 valence electrons. The van der Waals surface area contributed by atoms with Crippen LogP contribution in [-0.4, -0.2) is 17.6 Å². The molecule has 2 atom stereocenters. The van der Waals surface area contributed by atoms with Gasteiger partial charge in [0, 0.05) is 18.3 Å². The molecule has 1 aliphatic heterocycles. The second-order valence-corrected chi connectivity index (χ2v) is 9.07. The average Bonchev–Trinajstić information content (AvgIpc) is 2.85. The maximum atomic E-state index is 5.89. The van der Waals surface area contributed by atoms with Crippen molar-refractivity contribution in [1.82, 2.24) is 4.98 Å². The highest BCUT2D eigenvalue weighted by Crippen LogP contribution is 2.54. The van der Waals surface area contributed by atoms with E-state index >= 15 is 0 Å². The Hall–Kier alpha value is -1.29. The van der Waals surface area contributed by atoms with E-state index in [2.05, 4.69) is 25.7 Å². The van der Waals surface area contributed by atoms with Gasteiger partial charge in [0.2, 0.25) is 0 Å². The molecule has 2 aliphatic rings. The summed E-state index contributed by atoms with van der Waals surface area (Å²) in [5, 5.41) is 1.18. The van der Waals surface area contributed by atoms with E-state index in [9.17, 15) is 0 Å². The van der Waals surface area contributed by atoms with Crippen LogP contribution in [0.1, 0.15) is 40.0 Å². The number of aromatic nitrogens is 1. The number of fused-ring (bicyclic) bond motifs is 3. The Morgan fingerprint density at radius 3 is 2.90 bits per heavy atom. The van der Waals surface area contributed by atoms with Crippen molar-refractivity contribution in [2.24, 2.45) is 10.8 Å². The standard InChI is InChI=1S/C17H23N3S/c1-16(2)7-12-8-17(3,9-16)10-20(12)15-19-13-5-4-11(18)6-14(13)21-15/h4-6,12H,7-10,18H2,1-3H3. The van der Waals surface area contributed by atoms with Crippen molar-refractivity contribution in [1.29, 1.82) is 0 Å². The van der Waals surface area contributed by atoms with E-state index < -0.39 is 0 Å². The zero-order valence-electron chi connectivity index (χ0n) is 13.0. The maximum Gasteiger partial charge on any atom is 0.186 e. The summed E-state index contributed by atoms with van der Waals surface area (Å²) in [6.45, 7) is 8.43. The fourth-order valence-electron chi connectivity index (χ4n) is 4.74. The minimum absolute atomic E-state index is 0.448. The minimum atomic E-state index is 0.448. The van der Waals surface area contributed by atoms with E-state index in [0.29, 0.717) is 16.9 Å². The zero-order chi connectivity index (χ0) is 14.8. The van der Waals surface area contributed by atoms with Gasteiger partial charge in [0.1, 0.15) is 0 Å². The van der Waals surface area contributed by atoms with Gasteiger partial charge in [0.05, 0.1) is 10.2 Å². The number of benzene rings is 1. The Labute approximate surface area is 130 Å². The molecule has 1 aromatic carbocycles. The summed E-state index contributed by atoms with van der Waals surface area (Å²) in [4.78, 5) is 7.43. The van der Waals surface area contributed by atoms with Crippen molar-refractivity contribution in [2.45, 2.75) is 46.1 Å². The molecule has 0 spiro atoms. The second-order valence-electron chi connectivity index (χ2n) is 8.07. The number of thiazole rings is 1. The normalized spacial score (nSPS) is 31.0. The molecule has 0 amide bonds. The Bertz CT molecular complexity index is 705. The van der Waals surface area contributed by atoms with E-state index in [0.717, 1.165) is 17.7 Å². The molecule has 4 heteroatoms. The molecule has 0 radical (unpaired) electrons. The van der Waals surface area contributed by atoms with Crippen LogP contribution in [0.5, 0.6) is 0 Å². The van der Waals surface area contributed by atoms with Crippen LogP contribution in [0.3, 0.4) is 0 Å². The van der Waals surface area contributed by atoms with Crippen molar-refractivity contribution in [3.8, 4) is 0 Å². The van der Waals surface area contributed by atoms with E-state index in [4.69, 9.17) is 10.7 Å². The molecule has 21 heavy (non-hydrogen) atoms. The van der Waals surface area contributed by atoms with Crippen molar-refractivity contribution in [2.75, 3.05) is 17.2 Å². The van der Waals surface area contributed by atoms with Crippen LogP contribution in [0.4, 0.5) is 10.8 Å². The van der Waals surface area contributed by atoms with E-state index in [1.54, 1.807) is 11.3 Å². The van der Waals surface area contributed by atoms with Crippen molar-refractivity contribution in [3.05, 3.63) is 18.2 Å². The van der Waals surface area contributed by atoms with E-state index in [-0.39, 0.29) is 0 Å². The maximum absolute atomic E-state index is 5.89. The molecular weight excluding hydrogens is 278 g/mol. The van der Waals surface area contributed by atoms with Crippen LogP contribution in [0.25, 0.3) is 10.2 Å². The second kappa shape index (κ2) is 4.13. The molecule has 2 bridgehead atoms. The summed E-state index contributed by atoms with van der Waals surface area (Å²) in [6.07, 6.45) is 3.92. The highest BCUT2D eigenvalue weighted by molar-refractivity contribution is 7.22. The topological polar surface area (TPSA) is 42.2 Å². The summed E-state index contributed by atoms with van der Waals surface area (Å²) in [6, 6.07) is 6.68. The molecular formula is C17H23N3S. The monoisotopic (exact) mass is 301 g/mol. The first-order chi connectivity index (χ1) is 9.84. The highest BCUT2D eigenvalue weighted by atomic mass is 32.1. The van der Waals surface area contributed by atoms with Gasteiger partial charge >= 0.3 is 0 Å². The largest absolute Gasteiger partial charge is 0.399 e. The van der Waals surface area contributed by atoms with Gasteiger partial charge in [-0.2, -0.15) is 0 Å². The molecule has 1 aromatic heterocycles. The van der Waals surface area contributed by atoms with Gasteiger partial charge in [-0.3, -0.25) is 0 Å². The van der Waals surface area contributed by atoms with Crippen molar-refractivity contribution >= 4 is 32.4 Å². The molecule has 2 heterocycles. The summed E-state index contributed by atoms with van der Waals surface area (Å²) < 4.78 is 1.20. The molecule has 2 N–H and O–H groups in total. The molecule has 1 aliphatic carbocycles. The lowest BCUT2D eigenvalue weighted by atomic mass is 9.65. The Kier molecular flexibility index (Phi) is 2.63. The minimum Gasteiger partial charge on any atom is -0.399 e. The first-order valence-corrected chi connectivity index (χ1v) is 8.58. The van der Waals surface area contributed by atoms with Crippen molar-refractivity contribution in [3.63, 3.8) is 0 Å². The third kappa shape index (κ3) is 2.20. The molecule has 1 saturated carbocycles. The first-order valence-electron chi connectivity index (χ1n) is 7.76. The molecule has 1 saturated heterocycles. The lowest BCUT2D eigenvalue weighted by Gasteiger charge is -2.39. The van der Waals surface area contributed by atoms with Crippen molar-refractivity contribution < 1.29 is 0 Å². The smallest absolute Gasteiger partial charge is 0.186 e. The van der Waals surface area contributed by atoms with E-state index in [1.807, 2.05) is 18.2 Å². The fraction of sp³-hybridized carbons (Fsp3) is 0.588. The molecule has 3 nitrogen and oxygen atoms in total. The van der Waals surface area contributed by atoms with Gasteiger partial charge in [-0.15, -0.1) is 0 Å². The number of hydrogen-bond acceptors (Lipinski definition) is 4. The zero-order valence-corrected chi connectivity index (χ0v) is 13.8. The van der Waals surface area contributed by atoms with Gasteiger partial charge in [-0.25, -0.2) is 4.98 Å². The van der Waals surface area contributed by atoms with E-state index in [1.165, 1.54) is 29.1 Å². The quantitative estimate of drug-likeness (QED) is 0.799. The highest BCUT2D eigenvalue weighted by Gasteiger charge is 2.50.